The number of hydrogen-bond acceptors (Lipinski definition) is 7. The van der Waals surface area contributed by atoms with Gasteiger partial charge in [0.1, 0.15) is 24.6 Å². The van der Waals surface area contributed by atoms with Gasteiger partial charge in [-0.15, -0.1) is 0 Å². The maximum Gasteiger partial charge on any atom is 0.411 e. The molecule has 3 aliphatic rings. The lowest BCUT2D eigenvalue weighted by atomic mass is 9.69. The van der Waals surface area contributed by atoms with E-state index in [0.717, 1.165) is 60.6 Å². The summed E-state index contributed by atoms with van der Waals surface area (Å²) in [5.74, 6) is 2.40. The van der Waals surface area contributed by atoms with Gasteiger partial charge >= 0.3 is 6.09 Å². The second-order valence-electron chi connectivity index (χ2n) is 11.7. The number of likely N-dealkylation sites (N-methyl/N-ethyl adjacent to an activating group) is 1. The maximum absolute atomic E-state index is 12.6. The van der Waals surface area contributed by atoms with Crippen LogP contribution in [-0.2, 0) is 23.1 Å². The molecule has 3 heterocycles. The van der Waals surface area contributed by atoms with E-state index in [0.29, 0.717) is 13.0 Å². The molecule has 6 rings (SSSR count). The topological polar surface area (TPSA) is 88.3 Å². The van der Waals surface area contributed by atoms with Gasteiger partial charge in [0.25, 0.3) is 0 Å². The van der Waals surface area contributed by atoms with Gasteiger partial charge in [0.05, 0.1) is 12.5 Å². The van der Waals surface area contributed by atoms with Crippen molar-refractivity contribution in [1.29, 1.82) is 0 Å². The molecule has 1 spiro atoms. The fraction of sp³-hybridized carbons (Fsp3) is 0.424. The predicted molar refractivity (Wildman–Crippen MR) is 162 cm³/mol. The van der Waals surface area contributed by atoms with E-state index in [1.54, 1.807) is 19.4 Å². The highest BCUT2D eigenvalue weighted by Gasteiger charge is 2.53. The Labute approximate surface area is 247 Å². The van der Waals surface area contributed by atoms with E-state index in [9.17, 15) is 4.79 Å². The van der Waals surface area contributed by atoms with E-state index in [2.05, 4.69) is 65.6 Å². The van der Waals surface area contributed by atoms with E-state index < -0.39 is 6.09 Å². The third-order valence-electron chi connectivity index (χ3n) is 8.62. The second-order valence-corrected chi connectivity index (χ2v) is 11.7. The number of aromatic amines is 1. The van der Waals surface area contributed by atoms with E-state index in [1.165, 1.54) is 16.7 Å². The summed E-state index contributed by atoms with van der Waals surface area (Å²) >= 11 is 0. The van der Waals surface area contributed by atoms with Gasteiger partial charge in [0.15, 0.2) is 11.5 Å². The molecule has 0 saturated carbocycles. The molecule has 3 atom stereocenters. The number of carbonyl (C=O) groups excluding carboxylic acids is 1. The molecular formula is C33H40N4O5. The molecule has 9 nitrogen and oxygen atoms in total. The Morgan fingerprint density at radius 2 is 2.14 bits per heavy atom. The summed E-state index contributed by atoms with van der Waals surface area (Å²) in [7, 11) is 7.96. The number of alkyl carbamates (subject to hydrolysis) is 1. The molecule has 1 aliphatic carbocycles. The first-order valence-corrected chi connectivity index (χ1v) is 14.6. The van der Waals surface area contributed by atoms with Crippen LogP contribution in [0.4, 0.5) is 4.79 Å². The monoisotopic (exact) mass is 572 g/mol. The third-order valence-corrected chi connectivity index (χ3v) is 8.62. The van der Waals surface area contributed by atoms with Crippen LogP contribution in [0, 0.1) is 0 Å². The number of nitrogens with zero attached hydrogens (tertiary/aromatic N) is 2. The molecule has 2 aromatic carbocycles. The molecule has 1 aromatic heterocycles. The molecule has 3 aromatic rings. The summed E-state index contributed by atoms with van der Waals surface area (Å²) in [6, 6.07) is 10.1. The van der Waals surface area contributed by atoms with Gasteiger partial charge in [0.2, 0.25) is 0 Å². The summed E-state index contributed by atoms with van der Waals surface area (Å²) in [5, 5.41) is 3.81. The largest absolute Gasteiger partial charge is 0.493 e. The van der Waals surface area contributed by atoms with Crippen molar-refractivity contribution in [3.05, 3.63) is 77.6 Å². The lowest BCUT2D eigenvalue weighted by molar-refractivity contribution is 0.0620. The van der Waals surface area contributed by atoms with Crippen LogP contribution >= 0.6 is 0 Å². The van der Waals surface area contributed by atoms with E-state index in [4.69, 9.17) is 18.9 Å². The number of methoxy groups -OCH3 is 1. The normalized spacial score (nSPS) is 23.0. The first-order chi connectivity index (χ1) is 20.4. The first-order valence-electron chi connectivity index (χ1n) is 14.6. The van der Waals surface area contributed by atoms with Crippen LogP contribution < -0.4 is 19.5 Å². The zero-order chi connectivity index (χ0) is 29.3. The van der Waals surface area contributed by atoms with Gasteiger partial charge in [0, 0.05) is 48.4 Å². The lowest BCUT2D eigenvalue weighted by Crippen LogP contribution is -2.44. The molecule has 0 bridgehead atoms. The summed E-state index contributed by atoms with van der Waals surface area (Å²) in [6.07, 6.45) is 11.0. The molecule has 42 heavy (non-hydrogen) atoms. The number of fused-ring (bicyclic) bond motifs is 1. The standard InChI is InChI=1S/C33H40N4O5/c1-36(2)16-12-22-20-35-25-7-5-8-26(29(22)25)40-18-6-15-34-32(38)41-24-11-13-33-14-17-37(3)21-23-9-10-27(39-4)31(30(23)33)42-28(33)19-24/h5-11,13,15,20,24,28,35H,12,14,16-19,21H2,1-4H3,(H,34,38)/b15-6+/t24-,28?,33-/m1/s1. The Hall–Kier alpha value is -3.95. The minimum Gasteiger partial charge on any atom is -0.493 e. The summed E-state index contributed by atoms with van der Waals surface area (Å²) in [4.78, 5) is 20.5. The number of rotatable bonds is 9. The van der Waals surface area contributed by atoms with Gasteiger partial charge in [-0.25, -0.2) is 4.79 Å². The Bertz CT molecular complexity index is 1510. The SMILES string of the molecule is COc1ccc2c3c1OC1C[C@H](OC(=O)N/C=C/COc4cccc5[nH]cc(CCN(C)C)c45)C=C[C@]31CCN(C)C2. The fourth-order valence-corrected chi connectivity index (χ4v) is 6.52. The van der Waals surface area contributed by atoms with Crippen molar-refractivity contribution < 1.29 is 23.7 Å². The molecular weight excluding hydrogens is 532 g/mol. The molecule has 0 saturated heterocycles. The number of amides is 1. The molecule has 0 radical (unpaired) electrons. The van der Waals surface area contributed by atoms with Crippen LogP contribution in [-0.4, -0.2) is 81.0 Å². The van der Waals surface area contributed by atoms with E-state index in [-0.39, 0.29) is 17.6 Å². The van der Waals surface area contributed by atoms with Crippen molar-refractivity contribution in [3.8, 4) is 17.2 Å². The highest BCUT2D eigenvalue weighted by Crippen LogP contribution is 2.55. The molecule has 0 fully saturated rings. The summed E-state index contributed by atoms with van der Waals surface area (Å²) in [6.45, 7) is 3.09. The van der Waals surface area contributed by atoms with Crippen LogP contribution in [0.15, 0.2) is 61.0 Å². The molecule has 222 valence electrons. The Morgan fingerprint density at radius 1 is 1.26 bits per heavy atom. The Morgan fingerprint density at radius 3 is 2.98 bits per heavy atom. The van der Waals surface area contributed by atoms with Crippen molar-refractivity contribution in [3.63, 3.8) is 0 Å². The molecule has 9 heteroatoms. The van der Waals surface area contributed by atoms with Crippen molar-refractivity contribution in [2.75, 3.05) is 47.9 Å². The Balaban J connectivity index is 1.06. The highest BCUT2D eigenvalue weighted by atomic mass is 16.6. The van der Waals surface area contributed by atoms with Gasteiger partial charge in [-0.3, -0.25) is 5.32 Å². The van der Waals surface area contributed by atoms with Crippen LogP contribution in [0.1, 0.15) is 29.5 Å². The quantitative estimate of drug-likeness (QED) is 0.358. The number of carbonyl (C=O) groups is 1. The Kier molecular flexibility index (Phi) is 7.88. The van der Waals surface area contributed by atoms with E-state index >= 15 is 0 Å². The summed E-state index contributed by atoms with van der Waals surface area (Å²) < 4.78 is 24.0. The number of aromatic nitrogens is 1. The first kappa shape index (κ1) is 28.2. The van der Waals surface area contributed by atoms with E-state index in [1.807, 2.05) is 24.3 Å². The van der Waals surface area contributed by atoms with Crippen molar-refractivity contribution in [2.24, 2.45) is 0 Å². The lowest BCUT2D eigenvalue weighted by Gasteiger charge is -2.36. The molecule has 2 N–H and O–H groups in total. The average Bonchev–Trinajstić information content (AvgIpc) is 3.50. The third kappa shape index (κ3) is 5.34. The predicted octanol–water partition coefficient (Wildman–Crippen LogP) is 4.76. The average molecular weight is 573 g/mol. The van der Waals surface area contributed by atoms with Crippen molar-refractivity contribution >= 4 is 17.0 Å². The van der Waals surface area contributed by atoms with Gasteiger partial charge in [-0.2, -0.15) is 0 Å². The minimum atomic E-state index is -0.509. The van der Waals surface area contributed by atoms with Crippen LogP contribution in [0.3, 0.4) is 0 Å². The molecule has 2 aliphatic heterocycles. The molecule has 1 unspecified atom stereocenters. The second kappa shape index (κ2) is 11.7. The van der Waals surface area contributed by atoms with Crippen LogP contribution in [0.2, 0.25) is 0 Å². The zero-order valence-electron chi connectivity index (χ0n) is 24.8. The minimum absolute atomic E-state index is 0.125. The van der Waals surface area contributed by atoms with Crippen LogP contribution in [0.5, 0.6) is 17.2 Å². The van der Waals surface area contributed by atoms with Gasteiger partial charge in [-0.05, 0) is 82.0 Å². The summed E-state index contributed by atoms with van der Waals surface area (Å²) in [5.41, 5.74) is 4.52. The smallest absolute Gasteiger partial charge is 0.411 e. The number of ether oxygens (including phenoxy) is 4. The number of H-pyrrole nitrogens is 1. The van der Waals surface area contributed by atoms with Crippen molar-refractivity contribution in [2.45, 2.75) is 43.4 Å². The number of nitrogens with one attached hydrogen (secondary N) is 2. The van der Waals surface area contributed by atoms with Crippen LogP contribution in [0.25, 0.3) is 10.9 Å². The number of benzene rings is 2. The van der Waals surface area contributed by atoms with Gasteiger partial charge < -0.3 is 33.7 Å². The maximum atomic E-state index is 12.6. The molecule has 1 amide bonds. The number of hydrogen-bond donors (Lipinski definition) is 2. The van der Waals surface area contributed by atoms with Gasteiger partial charge in [-0.1, -0.05) is 18.2 Å². The highest BCUT2D eigenvalue weighted by molar-refractivity contribution is 5.89. The van der Waals surface area contributed by atoms with Crippen molar-refractivity contribution in [1.82, 2.24) is 20.1 Å². The zero-order valence-corrected chi connectivity index (χ0v) is 24.8. The fourth-order valence-electron chi connectivity index (χ4n) is 6.52.